The monoisotopic (exact) mass is 334 g/mol. The number of hydrogen-bond acceptors (Lipinski definition) is 5. The zero-order valence-corrected chi connectivity index (χ0v) is 13.8. The van der Waals surface area contributed by atoms with E-state index in [0.717, 1.165) is 16.3 Å². The lowest BCUT2D eigenvalue weighted by Crippen LogP contribution is -2.33. The van der Waals surface area contributed by atoms with Gasteiger partial charge in [0, 0.05) is 24.0 Å². The van der Waals surface area contributed by atoms with E-state index in [4.69, 9.17) is 9.84 Å². The van der Waals surface area contributed by atoms with Gasteiger partial charge in [-0.3, -0.25) is 9.59 Å². The summed E-state index contributed by atoms with van der Waals surface area (Å²) in [5.41, 5.74) is 1.25. The normalized spacial score (nSPS) is 10.3. The van der Waals surface area contributed by atoms with Crippen molar-refractivity contribution in [1.29, 1.82) is 0 Å². The quantitative estimate of drug-likeness (QED) is 0.842. The van der Waals surface area contributed by atoms with Gasteiger partial charge in [-0.2, -0.15) is 0 Å². The van der Waals surface area contributed by atoms with Crippen molar-refractivity contribution in [1.82, 2.24) is 9.88 Å². The van der Waals surface area contributed by atoms with E-state index >= 15 is 0 Å². The van der Waals surface area contributed by atoms with Gasteiger partial charge in [-0.1, -0.05) is 0 Å². The summed E-state index contributed by atoms with van der Waals surface area (Å²) in [6.45, 7) is 2.44. The van der Waals surface area contributed by atoms with E-state index in [1.165, 1.54) is 16.2 Å². The molecule has 1 amide bonds. The van der Waals surface area contributed by atoms with Crippen LogP contribution >= 0.6 is 11.3 Å². The molecule has 2 aromatic rings. The zero-order chi connectivity index (χ0) is 16.8. The summed E-state index contributed by atoms with van der Waals surface area (Å²) in [4.78, 5) is 28.9. The average Bonchev–Trinajstić information content (AvgIpc) is 3.05. The second kappa shape index (κ2) is 7.73. The van der Waals surface area contributed by atoms with E-state index in [2.05, 4.69) is 4.98 Å². The Hall–Kier alpha value is -2.41. The van der Waals surface area contributed by atoms with Crippen molar-refractivity contribution in [3.63, 3.8) is 0 Å². The number of amides is 1. The van der Waals surface area contributed by atoms with Gasteiger partial charge < -0.3 is 14.7 Å². The molecule has 122 valence electrons. The van der Waals surface area contributed by atoms with Crippen LogP contribution in [-0.2, 0) is 4.79 Å². The number of aromatic nitrogens is 1. The maximum absolute atomic E-state index is 12.4. The minimum Gasteiger partial charge on any atom is -0.497 e. The van der Waals surface area contributed by atoms with Crippen LogP contribution in [0.1, 0.15) is 23.8 Å². The summed E-state index contributed by atoms with van der Waals surface area (Å²) in [6, 6.07) is 7.44. The molecule has 0 aliphatic rings. The number of nitrogens with zero attached hydrogens (tertiary/aromatic N) is 2. The molecule has 1 heterocycles. The second-order valence-corrected chi connectivity index (χ2v) is 5.65. The van der Waals surface area contributed by atoms with Gasteiger partial charge >= 0.3 is 5.97 Å². The molecule has 6 nitrogen and oxygen atoms in total. The molecule has 0 saturated heterocycles. The van der Waals surface area contributed by atoms with Crippen LogP contribution in [0, 0.1) is 0 Å². The minimum atomic E-state index is -0.923. The Morgan fingerprint density at radius 2 is 2.00 bits per heavy atom. The maximum atomic E-state index is 12.4. The largest absolute Gasteiger partial charge is 0.497 e. The fourth-order valence-corrected chi connectivity index (χ4v) is 2.83. The highest BCUT2D eigenvalue weighted by Gasteiger charge is 2.18. The Labute approximate surface area is 138 Å². The molecule has 0 unspecified atom stereocenters. The zero-order valence-electron chi connectivity index (χ0n) is 13.0. The fourth-order valence-electron chi connectivity index (χ4n) is 2.03. The number of carboxylic acids is 1. The molecule has 0 atom stereocenters. The average molecular weight is 334 g/mol. The lowest BCUT2D eigenvalue weighted by molar-refractivity contribution is -0.137. The third kappa shape index (κ3) is 4.29. The van der Waals surface area contributed by atoms with E-state index in [0.29, 0.717) is 12.2 Å². The number of hydrogen-bond donors (Lipinski definition) is 1. The molecule has 1 aromatic carbocycles. The first-order chi connectivity index (χ1) is 11.0. The number of carbonyl (C=O) groups excluding carboxylic acids is 1. The lowest BCUT2D eigenvalue weighted by atomic mass is 10.2. The summed E-state index contributed by atoms with van der Waals surface area (Å²) < 4.78 is 5.11. The molecule has 1 N–H and O–H groups in total. The Kier molecular flexibility index (Phi) is 5.70. The van der Waals surface area contributed by atoms with Crippen molar-refractivity contribution in [2.75, 3.05) is 20.2 Å². The topological polar surface area (TPSA) is 79.7 Å². The first-order valence-corrected chi connectivity index (χ1v) is 8.04. The molecule has 23 heavy (non-hydrogen) atoms. The third-order valence-corrected chi connectivity index (χ3v) is 4.22. The molecule has 0 fully saturated rings. The van der Waals surface area contributed by atoms with Crippen molar-refractivity contribution >= 4 is 23.2 Å². The summed E-state index contributed by atoms with van der Waals surface area (Å²) >= 11 is 1.38. The van der Waals surface area contributed by atoms with E-state index in [9.17, 15) is 9.59 Å². The van der Waals surface area contributed by atoms with Crippen molar-refractivity contribution in [3.8, 4) is 16.3 Å². The lowest BCUT2D eigenvalue weighted by Gasteiger charge is -2.18. The first-order valence-electron chi connectivity index (χ1n) is 7.16. The van der Waals surface area contributed by atoms with Crippen LogP contribution in [0.3, 0.4) is 0 Å². The molecule has 2 rings (SSSR count). The first kappa shape index (κ1) is 17.0. The highest BCUT2D eigenvalue weighted by molar-refractivity contribution is 7.13. The number of aliphatic carboxylic acids is 1. The van der Waals surface area contributed by atoms with Crippen molar-refractivity contribution < 1.29 is 19.4 Å². The van der Waals surface area contributed by atoms with Crippen LogP contribution < -0.4 is 4.74 Å². The van der Waals surface area contributed by atoms with Gasteiger partial charge in [0.1, 0.15) is 16.5 Å². The van der Waals surface area contributed by atoms with E-state index < -0.39 is 5.97 Å². The van der Waals surface area contributed by atoms with Gasteiger partial charge in [0.2, 0.25) is 0 Å². The summed E-state index contributed by atoms with van der Waals surface area (Å²) in [6.07, 6.45) is -0.0744. The van der Waals surface area contributed by atoms with Crippen LogP contribution in [-0.4, -0.2) is 47.1 Å². The Morgan fingerprint density at radius 1 is 1.30 bits per heavy atom. The molecule has 0 saturated carbocycles. The van der Waals surface area contributed by atoms with E-state index in [1.54, 1.807) is 12.5 Å². The molecule has 0 aliphatic heterocycles. The molecular formula is C16H18N2O4S. The Balaban J connectivity index is 2.13. The van der Waals surface area contributed by atoms with Crippen molar-refractivity contribution in [3.05, 3.63) is 35.3 Å². The van der Waals surface area contributed by atoms with Crippen LogP contribution in [0.4, 0.5) is 0 Å². The number of rotatable bonds is 7. The van der Waals surface area contributed by atoms with Crippen LogP contribution in [0.15, 0.2) is 29.6 Å². The molecule has 7 heteroatoms. The molecule has 1 aromatic heterocycles. The Bertz CT molecular complexity index is 682. The Morgan fingerprint density at radius 3 is 2.57 bits per heavy atom. The smallest absolute Gasteiger partial charge is 0.305 e. The summed E-state index contributed by atoms with van der Waals surface area (Å²) in [5, 5.41) is 11.2. The van der Waals surface area contributed by atoms with Gasteiger partial charge in [0.25, 0.3) is 5.91 Å². The summed E-state index contributed by atoms with van der Waals surface area (Å²) in [5.74, 6) is -0.411. The number of carboxylic acid groups (broad SMARTS) is 1. The fraction of sp³-hybridized carbons (Fsp3) is 0.312. The number of methoxy groups -OCH3 is 1. The van der Waals surface area contributed by atoms with Crippen molar-refractivity contribution in [2.24, 2.45) is 0 Å². The highest BCUT2D eigenvalue weighted by Crippen LogP contribution is 2.26. The van der Waals surface area contributed by atoms with Gasteiger partial charge in [-0.05, 0) is 31.2 Å². The highest BCUT2D eigenvalue weighted by atomic mass is 32.1. The second-order valence-electron chi connectivity index (χ2n) is 4.79. The predicted octanol–water partition coefficient (Wildman–Crippen LogP) is 2.76. The summed E-state index contributed by atoms with van der Waals surface area (Å²) in [7, 11) is 1.60. The van der Waals surface area contributed by atoms with Gasteiger partial charge in [-0.15, -0.1) is 11.3 Å². The number of thiazole rings is 1. The van der Waals surface area contributed by atoms with Crippen LogP contribution in [0.5, 0.6) is 5.75 Å². The molecule has 0 bridgehead atoms. The van der Waals surface area contributed by atoms with Gasteiger partial charge in [-0.25, -0.2) is 4.98 Å². The molecular weight excluding hydrogens is 316 g/mol. The van der Waals surface area contributed by atoms with Crippen LogP contribution in [0.25, 0.3) is 10.6 Å². The SMILES string of the molecule is CCN(CCC(=O)O)C(=O)c1csc(-c2ccc(OC)cc2)n1. The number of carbonyl (C=O) groups is 2. The third-order valence-electron chi connectivity index (χ3n) is 3.32. The number of ether oxygens (including phenoxy) is 1. The maximum Gasteiger partial charge on any atom is 0.305 e. The van der Waals surface area contributed by atoms with E-state index in [1.807, 2.05) is 31.2 Å². The van der Waals surface area contributed by atoms with Gasteiger partial charge in [0.05, 0.1) is 13.5 Å². The molecule has 0 aliphatic carbocycles. The molecule has 0 spiro atoms. The van der Waals surface area contributed by atoms with Crippen molar-refractivity contribution in [2.45, 2.75) is 13.3 Å². The number of benzene rings is 1. The predicted molar refractivity (Wildman–Crippen MR) is 87.9 cm³/mol. The van der Waals surface area contributed by atoms with Crippen LogP contribution in [0.2, 0.25) is 0 Å². The molecule has 0 radical (unpaired) electrons. The van der Waals surface area contributed by atoms with Gasteiger partial charge in [0.15, 0.2) is 0 Å². The van der Waals surface area contributed by atoms with E-state index in [-0.39, 0.29) is 18.9 Å². The minimum absolute atomic E-state index is 0.0744. The standard InChI is InChI=1S/C16H18N2O4S/c1-3-18(9-8-14(19)20)16(21)13-10-23-15(17-13)11-4-6-12(22-2)7-5-11/h4-7,10H,3,8-9H2,1-2H3,(H,19,20).